The summed E-state index contributed by atoms with van der Waals surface area (Å²) in [5.41, 5.74) is 0. The van der Waals surface area contributed by atoms with Crippen molar-refractivity contribution in [1.29, 1.82) is 0 Å². The van der Waals surface area contributed by atoms with Crippen LogP contribution in [0.1, 0.15) is 32.6 Å². The van der Waals surface area contributed by atoms with Crippen molar-refractivity contribution in [2.45, 2.75) is 38.7 Å². The molecule has 0 aromatic rings. The minimum absolute atomic E-state index is 0.430. The van der Waals surface area contributed by atoms with Crippen LogP contribution >= 0.6 is 0 Å². The standard InChI is InChI=1S/C11H20O4/c1-2-15-10(11(12)13)6-8-14-7-5-9-3-4-9/h9-10H,2-8H2,1H3,(H,12,13). The average molecular weight is 216 g/mol. The molecule has 15 heavy (non-hydrogen) atoms. The zero-order valence-electron chi connectivity index (χ0n) is 9.28. The molecule has 1 fully saturated rings. The van der Waals surface area contributed by atoms with Gasteiger partial charge in [0.2, 0.25) is 0 Å². The van der Waals surface area contributed by atoms with Gasteiger partial charge in [0.25, 0.3) is 0 Å². The van der Waals surface area contributed by atoms with Crippen molar-refractivity contribution in [2.75, 3.05) is 19.8 Å². The van der Waals surface area contributed by atoms with Gasteiger partial charge in [0.1, 0.15) is 0 Å². The summed E-state index contributed by atoms with van der Waals surface area (Å²) in [5.74, 6) is -0.0326. The number of hydrogen-bond donors (Lipinski definition) is 1. The van der Waals surface area contributed by atoms with E-state index in [1.165, 1.54) is 12.8 Å². The molecule has 0 aliphatic heterocycles. The summed E-state index contributed by atoms with van der Waals surface area (Å²) in [6.45, 7) is 3.45. The summed E-state index contributed by atoms with van der Waals surface area (Å²) >= 11 is 0. The van der Waals surface area contributed by atoms with Gasteiger partial charge in [0, 0.05) is 26.2 Å². The Kier molecular flexibility index (Phi) is 5.65. The van der Waals surface area contributed by atoms with E-state index >= 15 is 0 Å². The Labute approximate surface area is 90.6 Å². The fourth-order valence-corrected chi connectivity index (χ4v) is 1.43. The summed E-state index contributed by atoms with van der Waals surface area (Å²) in [5, 5.41) is 8.78. The van der Waals surface area contributed by atoms with E-state index in [1.54, 1.807) is 6.92 Å². The number of hydrogen-bond acceptors (Lipinski definition) is 3. The maximum atomic E-state index is 10.7. The van der Waals surface area contributed by atoms with Crippen LogP contribution in [0.5, 0.6) is 0 Å². The molecule has 1 rings (SSSR count). The number of aliphatic carboxylic acids is 1. The van der Waals surface area contributed by atoms with E-state index in [0.29, 0.717) is 19.6 Å². The second-order valence-electron chi connectivity index (χ2n) is 3.92. The lowest BCUT2D eigenvalue weighted by Crippen LogP contribution is -2.25. The van der Waals surface area contributed by atoms with E-state index in [9.17, 15) is 4.79 Å². The maximum absolute atomic E-state index is 10.7. The van der Waals surface area contributed by atoms with Crippen molar-refractivity contribution < 1.29 is 19.4 Å². The molecule has 1 N–H and O–H groups in total. The smallest absolute Gasteiger partial charge is 0.332 e. The lowest BCUT2D eigenvalue weighted by atomic mass is 10.2. The fourth-order valence-electron chi connectivity index (χ4n) is 1.43. The van der Waals surface area contributed by atoms with E-state index in [4.69, 9.17) is 14.6 Å². The topological polar surface area (TPSA) is 55.8 Å². The predicted octanol–water partition coefficient (Wildman–Crippen LogP) is 1.68. The predicted molar refractivity (Wildman–Crippen MR) is 55.8 cm³/mol. The fraction of sp³-hybridized carbons (Fsp3) is 0.909. The molecule has 1 aliphatic carbocycles. The Bertz CT molecular complexity index is 189. The summed E-state index contributed by atoms with van der Waals surface area (Å²) in [7, 11) is 0. The SMILES string of the molecule is CCOC(CCOCCC1CC1)C(=O)O. The molecule has 4 heteroatoms. The van der Waals surface area contributed by atoms with Gasteiger partial charge in [-0.2, -0.15) is 0 Å². The van der Waals surface area contributed by atoms with Crippen LogP contribution in [-0.4, -0.2) is 37.0 Å². The Morgan fingerprint density at radius 2 is 2.20 bits per heavy atom. The lowest BCUT2D eigenvalue weighted by Gasteiger charge is -2.12. The third-order valence-electron chi connectivity index (χ3n) is 2.54. The summed E-state index contributed by atoms with van der Waals surface area (Å²) in [6, 6.07) is 0. The van der Waals surface area contributed by atoms with E-state index in [1.807, 2.05) is 0 Å². The van der Waals surface area contributed by atoms with Crippen molar-refractivity contribution in [1.82, 2.24) is 0 Å². The molecular formula is C11H20O4. The molecule has 88 valence electrons. The van der Waals surface area contributed by atoms with Crippen LogP contribution in [0.15, 0.2) is 0 Å². The van der Waals surface area contributed by atoms with Crippen molar-refractivity contribution in [3.05, 3.63) is 0 Å². The monoisotopic (exact) mass is 216 g/mol. The van der Waals surface area contributed by atoms with E-state index in [0.717, 1.165) is 18.9 Å². The van der Waals surface area contributed by atoms with Gasteiger partial charge in [-0.3, -0.25) is 0 Å². The molecule has 0 radical (unpaired) electrons. The molecular weight excluding hydrogens is 196 g/mol. The largest absolute Gasteiger partial charge is 0.479 e. The van der Waals surface area contributed by atoms with Crippen LogP contribution in [0.3, 0.4) is 0 Å². The van der Waals surface area contributed by atoms with Gasteiger partial charge in [0.15, 0.2) is 6.10 Å². The van der Waals surface area contributed by atoms with Gasteiger partial charge in [-0.1, -0.05) is 12.8 Å². The Morgan fingerprint density at radius 3 is 2.73 bits per heavy atom. The lowest BCUT2D eigenvalue weighted by molar-refractivity contribution is -0.151. The van der Waals surface area contributed by atoms with E-state index < -0.39 is 12.1 Å². The number of carbonyl (C=O) groups is 1. The van der Waals surface area contributed by atoms with Gasteiger partial charge in [-0.15, -0.1) is 0 Å². The van der Waals surface area contributed by atoms with Crippen molar-refractivity contribution in [3.63, 3.8) is 0 Å². The van der Waals surface area contributed by atoms with Gasteiger partial charge in [-0.05, 0) is 19.3 Å². The van der Waals surface area contributed by atoms with Crippen molar-refractivity contribution in [3.8, 4) is 0 Å². The maximum Gasteiger partial charge on any atom is 0.332 e. The highest BCUT2D eigenvalue weighted by Gasteiger charge is 2.21. The van der Waals surface area contributed by atoms with E-state index in [2.05, 4.69) is 0 Å². The Morgan fingerprint density at radius 1 is 1.47 bits per heavy atom. The molecule has 1 unspecified atom stereocenters. The first-order valence-corrected chi connectivity index (χ1v) is 5.66. The molecule has 0 aromatic carbocycles. The van der Waals surface area contributed by atoms with Crippen LogP contribution in [0.2, 0.25) is 0 Å². The molecule has 1 atom stereocenters. The molecule has 0 heterocycles. The highest BCUT2D eigenvalue weighted by molar-refractivity contribution is 5.72. The van der Waals surface area contributed by atoms with E-state index in [-0.39, 0.29) is 0 Å². The molecule has 0 spiro atoms. The van der Waals surface area contributed by atoms with Gasteiger partial charge < -0.3 is 14.6 Å². The van der Waals surface area contributed by atoms with Crippen molar-refractivity contribution in [2.24, 2.45) is 5.92 Å². The van der Waals surface area contributed by atoms with Crippen LogP contribution in [-0.2, 0) is 14.3 Å². The first kappa shape index (κ1) is 12.5. The highest BCUT2D eigenvalue weighted by atomic mass is 16.5. The third-order valence-corrected chi connectivity index (χ3v) is 2.54. The minimum Gasteiger partial charge on any atom is -0.479 e. The second kappa shape index (κ2) is 6.80. The third kappa shape index (κ3) is 5.74. The number of rotatable bonds is 9. The Hall–Kier alpha value is -0.610. The molecule has 0 aromatic heterocycles. The normalized spacial score (nSPS) is 17.7. The second-order valence-corrected chi connectivity index (χ2v) is 3.92. The van der Waals surface area contributed by atoms with Crippen LogP contribution < -0.4 is 0 Å². The molecule has 0 bridgehead atoms. The molecule has 1 saturated carbocycles. The first-order valence-electron chi connectivity index (χ1n) is 5.66. The van der Waals surface area contributed by atoms with Crippen LogP contribution in [0, 0.1) is 5.92 Å². The van der Waals surface area contributed by atoms with Crippen molar-refractivity contribution >= 4 is 5.97 Å². The van der Waals surface area contributed by atoms with Crippen LogP contribution in [0.25, 0.3) is 0 Å². The molecule has 0 amide bonds. The molecule has 1 aliphatic rings. The first-order chi connectivity index (χ1) is 7.24. The Balaban J connectivity index is 1.96. The number of ether oxygens (including phenoxy) is 2. The number of carboxylic acids is 1. The number of carboxylic acid groups (broad SMARTS) is 1. The quantitative estimate of drug-likeness (QED) is 0.596. The van der Waals surface area contributed by atoms with Gasteiger partial charge in [0.05, 0.1) is 0 Å². The molecule has 0 saturated heterocycles. The van der Waals surface area contributed by atoms with Gasteiger partial charge in [-0.25, -0.2) is 4.79 Å². The van der Waals surface area contributed by atoms with Crippen LogP contribution in [0.4, 0.5) is 0 Å². The summed E-state index contributed by atoms with van der Waals surface area (Å²) in [4.78, 5) is 10.7. The zero-order chi connectivity index (χ0) is 11.1. The minimum atomic E-state index is -0.900. The molecule has 4 nitrogen and oxygen atoms in total. The van der Waals surface area contributed by atoms with Gasteiger partial charge >= 0.3 is 5.97 Å². The zero-order valence-corrected chi connectivity index (χ0v) is 9.28. The summed E-state index contributed by atoms with van der Waals surface area (Å²) in [6.07, 6.45) is 3.51. The highest BCUT2D eigenvalue weighted by Crippen LogP contribution is 2.32. The average Bonchev–Trinajstić information content (AvgIpc) is 2.99. The summed E-state index contributed by atoms with van der Waals surface area (Å²) < 4.78 is 10.4.